The van der Waals surface area contributed by atoms with Crippen LogP contribution in [0.5, 0.6) is 0 Å². The van der Waals surface area contributed by atoms with Crippen molar-refractivity contribution in [1.29, 1.82) is 0 Å². The van der Waals surface area contributed by atoms with E-state index >= 15 is 0 Å². The van der Waals surface area contributed by atoms with Crippen molar-refractivity contribution < 1.29 is 18.3 Å². The molecule has 7 nitrogen and oxygen atoms in total. The van der Waals surface area contributed by atoms with Gasteiger partial charge >= 0.3 is 5.97 Å². The molecule has 2 N–H and O–H groups in total. The minimum Gasteiger partial charge on any atom is -0.480 e. The number of nitrogens with one attached hydrogen (secondary N) is 1. The molecule has 0 unspecified atom stereocenters. The van der Waals surface area contributed by atoms with E-state index in [4.69, 9.17) is 0 Å². The van der Waals surface area contributed by atoms with Crippen LogP contribution in [0.25, 0.3) is 0 Å². The molecule has 0 aliphatic rings. The predicted octanol–water partition coefficient (Wildman–Crippen LogP) is 1.93. The molecule has 1 rings (SSSR count). The van der Waals surface area contributed by atoms with E-state index in [9.17, 15) is 18.3 Å². The first-order chi connectivity index (χ1) is 10.5. The molecular weight excluding hydrogens is 318 g/mol. The molecule has 1 aromatic heterocycles. The summed E-state index contributed by atoms with van der Waals surface area (Å²) in [6.45, 7) is 11.5. The molecule has 0 radical (unpaired) electrons. The fraction of sp³-hybridized carbons (Fsp3) is 0.733. The predicted molar refractivity (Wildman–Crippen MR) is 87.7 cm³/mol. The summed E-state index contributed by atoms with van der Waals surface area (Å²) in [7, 11) is -3.95. The Morgan fingerprint density at radius 3 is 2.30 bits per heavy atom. The fourth-order valence-electron chi connectivity index (χ4n) is 2.46. The molecule has 0 spiro atoms. The molecule has 2 atom stereocenters. The first-order valence-corrected chi connectivity index (χ1v) is 9.28. The van der Waals surface area contributed by atoms with Crippen LogP contribution in [-0.2, 0) is 21.4 Å². The first-order valence-electron chi connectivity index (χ1n) is 7.80. The zero-order valence-corrected chi connectivity index (χ0v) is 15.4. The van der Waals surface area contributed by atoms with Crippen LogP contribution < -0.4 is 4.72 Å². The highest BCUT2D eigenvalue weighted by Gasteiger charge is 2.32. The van der Waals surface area contributed by atoms with E-state index in [0.29, 0.717) is 30.3 Å². The quantitative estimate of drug-likeness (QED) is 0.750. The van der Waals surface area contributed by atoms with Gasteiger partial charge in [0, 0.05) is 6.54 Å². The average Bonchev–Trinajstić information content (AvgIpc) is 2.69. The van der Waals surface area contributed by atoms with Gasteiger partial charge < -0.3 is 5.11 Å². The summed E-state index contributed by atoms with van der Waals surface area (Å²) in [6, 6.07) is -1.16. The molecule has 1 aromatic rings. The lowest BCUT2D eigenvalue weighted by atomic mass is 10.0. The van der Waals surface area contributed by atoms with Gasteiger partial charge in [0.05, 0.1) is 11.4 Å². The van der Waals surface area contributed by atoms with Crippen LogP contribution in [0, 0.1) is 25.7 Å². The second kappa shape index (κ2) is 7.44. The van der Waals surface area contributed by atoms with E-state index in [-0.39, 0.29) is 10.8 Å². The Morgan fingerprint density at radius 2 is 1.87 bits per heavy atom. The third-order valence-corrected chi connectivity index (χ3v) is 5.58. The van der Waals surface area contributed by atoms with Crippen molar-refractivity contribution in [2.24, 2.45) is 11.8 Å². The zero-order chi connectivity index (χ0) is 17.9. The van der Waals surface area contributed by atoms with Crippen molar-refractivity contribution in [3.8, 4) is 0 Å². The van der Waals surface area contributed by atoms with E-state index < -0.39 is 22.0 Å². The molecular formula is C15H27N3O4S. The topological polar surface area (TPSA) is 101 Å². The number of aliphatic carboxylic acids is 1. The summed E-state index contributed by atoms with van der Waals surface area (Å²) in [6.07, 6.45) is 0.560. The third-order valence-electron chi connectivity index (χ3n) is 3.88. The Morgan fingerprint density at radius 1 is 1.30 bits per heavy atom. The average molecular weight is 345 g/mol. The number of aryl methyl sites for hydroxylation is 1. The molecule has 0 aromatic carbocycles. The molecule has 23 heavy (non-hydrogen) atoms. The maximum absolute atomic E-state index is 12.7. The van der Waals surface area contributed by atoms with Crippen LogP contribution >= 0.6 is 0 Å². The summed E-state index contributed by atoms with van der Waals surface area (Å²) in [4.78, 5) is 11.5. The highest BCUT2D eigenvalue weighted by atomic mass is 32.2. The smallest absolute Gasteiger partial charge is 0.322 e. The van der Waals surface area contributed by atoms with Gasteiger partial charge in [0.25, 0.3) is 0 Å². The number of rotatable bonds is 8. The van der Waals surface area contributed by atoms with Crippen LogP contribution in [-0.4, -0.2) is 35.3 Å². The van der Waals surface area contributed by atoms with Crippen molar-refractivity contribution in [3.05, 3.63) is 11.4 Å². The lowest BCUT2D eigenvalue weighted by Crippen LogP contribution is -2.45. The van der Waals surface area contributed by atoms with Crippen LogP contribution in [0.1, 0.15) is 45.5 Å². The third kappa shape index (κ3) is 4.54. The van der Waals surface area contributed by atoms with Crippen LogP contribution in [0.4, 0.5) is 0 Å². The Balaban J connectivity index is 3.23. The number of nitrogens with zero attached hydrogens (tertiary/aromatic N) is 2. The molecule has 0 saturated heterocycles. The van der Waals surface area contributed by atoms with Crippen LogP contribution in [0.3, 0.4) is 0 Å². The first kappa shape index (κ1) is 19.6. The molecule has 0 saturated carbocycles. The molecule has 0 bridgehead atoms. The lowest BCUT2D eigenvalue weighted by Gasteiger charge is -2.20. The molecule has 0 fully saturated rings. The van der Waals surface area contributed by atoms with E-state index in [2.05, 4.69) is 9.82 Å². The Kier molecular flexibility index (Phi) is 6.35. The maximum Gasteiger partial charge on any atom is 0.322 e. The summed E-state index contributed by atoms with van der Waals surface area (Å²) < 4.78 is 29.3. The summed E-state index contributed by atoms with van der Waals surface area (Å²) >= 11 is 0. The van der Waals surface area contributed by atoms with Gasteiger partial charge in [-0.25, -0.2) is 8.42 Å². The van der Waals surface area contributed by atoms with Gasteiger partial charge in [-0.15, -0.1) is 0 Å². The van der Waals surface area contributed by atoms with Crippen molar-refractivity contribution in [2.45, 2.75) is 65.4 Å². The monoisotopic (exact) mass is 345 g/mol. The molecule has 0 aliphatic carbocycles. The van der Waals surface area contributed by atoms with Gasteiger partial charge in [0.1, 0.15) is 10.9 Å². The van der Waals surface area contributed by atoms with Crippen molar-refractivity contribution in [3.63, 3.8) is 0 Å². The number of hydrogen-bond acceptors (Lipinski definition) is 4. The summed E-state index contributed by atoms with van der Waals surface area (Å²) in [5, 5.41) is 13.6. The minimum atomic E-state index is -3.95. The normalized spacial score (nSPS) is 14.9. The highest BCUT2D eigenvalue weighted by molar-refractivity contribution is 7.89. The van der Waals surface area contributed by atoms with E-state index in [1.807, 2.05) is 20.8 Å². The second-order valence-electron chi connectivity index (χ2n) is 6.40. The Bertz CT molecular complexity index is 665. The van der Waals surface area contributed by atoms with Crippen molar-refractivity contribution >= 4 is 16.0 Å². The Hall–Kier alpha value is -1.41. The summed E-state index contributed by atoms with van der Waals surface area (Å²) in [5.41, 5.74) is 0.904. The fourth-order valence-corrected chi connectivity index (χ4v) is 4.17. The summed E-state index contributed by atoms with van der Waals surface area (Å²) in [5.74, 6) is -1.16. The van der Waals surface area contributed by atoms with Crippen molar-refractivity contribution in [2.75, 3.05) is 0 Å². The van der Waals surface area contributed by atoms with Crippen LogP contribution in [0.2, 0.25) is 0 Å². The molecule has 1 heterocycles. The lowest BCUT2D eigenvalue weighted by molar-refractivity contribution is -0.140. The highest BCUT2D eigenvalue weighted by Crippen LogP contribution is 2.22. The van der Waals surface area contributed by atoms with E-state index in [1.54, 1.807) is 25.5 Å². The number of hydrogen-bond donors (Lipinski definition) is 2. The second-order valence-corrected chi connectivity index (χ2v) is 8.05. The van der Waals surface area contributed by atoms with E-state index in [1.165, 1.54) is 0 Å². The van der Waals surface area contributed by atoms with Gasteiger partial charge in [-0.3, -0.25) is 9.48 Å². The SMILES string of the molecule is CC[C@H](C)[C@H](NS(=O)(=O)c1c(C)nn(CC(C)C)c1C)C(=O)O. The largest absolute Gasteiger partial charge is 0.480 e. The zero-order valence-electron chi connectivity index (χ0n) is 14.6. The number of aromatic nitrogens is 2. The van der Waals surface area contributed by atoms with Gasteiger partial charge in [0.2, 0.25) is 10.0 Å². The van der Waals surface area contributed by atoms with Gasteiger partial charge in [0.15, 0.2) is 0 Å². The van der Waals surface area contributed by atoms with Crippen LogP contribution in [0.15, 0.2) is 4.90 Å². The number of carboxylic acid groups (broad SMARTS) is 1. The minimum absolute atomic E-state index is 0.0766. The Labute approximate surface area is 138 Å². The van der Waals surface area contributed by atoms with Gasteiger partial charge in [-0.05, 0) is 25.7 Å². The number of carboxylic acids is 1. The number of carbonyl (C=O) groups is 1. The number of sulfonamides is 1. The molecule has 0 aliphatic heterocycles. The molecule has 0 amide bonds. The van der Waals surface area contributed by atoms with E-state index in [0.717, 1.165) is 0 Å². The standard InChI is InChI=1S/C15H27N3O4S/c1-7-10(4)13(15(19)20)17-23(21,22)14-11(5)16-18(12(14)6)8-9(2)3/h9-10,13,17H,7-8H2,1-6H3,(H,19,20)/t10-,13-/m0/s1. The maximum atomic E-state index is 12.7. The van der Waals surface area contributed by atoms with Gasteiger partial charge in [-0.1, -0.05) is 34.1 Å². The van der Waals surface area contributed by atoms with Crippen molar-refractivity contribution in [1.82, 2.24) is 14.5 Å². The van der Waals surface area contributed by atoms with Gasteiger partial charge in [-0.2, -0.15) is 9.82 Å². The molecule has 8 heteroatoms. The molecule has 132 valence electrons.